The van der Waals surface area contributed by atoms with E-state index in [1.54, 1.807) is 12.1 Å². The van der Waals surface area contributed by atoms with Crippen LogP contribution in [-0.4, -0.2) is 62.3 Å². The van der Waals surface area contributed by atoms with Gasteiger partial charge in [-0.25, -0.2) is 17.1 Å². The fraction of sp³-hybridized carbons (Fsp3) is 0.696. The lowest BCUT2D eigenvalue weighted by Crippen LogP contribution is -2.44. The summed E-state index contributed by atoms with van der Waals surface area (Å²) < 4.78 is 40.5. The van der Waals surface area contributed by atoms with Crippen molar-refractivity contribution in [1.82, 2.24) is 14.5 Å². The number of hydrogen-bond acceptors (Lipinski definition) is 4. The molecular formula is C23H36FN3O3S. The van der Waals surface area contributed by atoms with E-state index in [-0.39, 0.29) is 23.1 Å². The highest BCUT2D eigenvalue weighted by molar-refractivity contribution is 7.88. The van der Waals surface area contributed by atoms with Gasteiger partial charge in [-0.1, -0.05) is 31.5 Å². The monoisotopic (exact) mass is 453 g/mol. The summed E-state index contributed by atoms with van der Waals surface area (Å²) in [6.07, 6.45) is 7.00. The number of carbonyl (C=O) groups is 1. The zero-order valence-corrected chi connectivity index (χ0v) is 19.4. The van der Waals surface area contributed by atoms with Gasteiger partial charge in [0.05, 0.1) is 5.75 Å². The number of amides is 1. The smallest absolute Gasteiger partial charge is 0.223 e. The van der Waals surface area contributed by atoms with Crippen molar-refractivity contribution in [2.75, 3.05) is 32.7 Å². The molecule has 0 saturated carbocycles. The largest absolute Gasteiger partial charge is 0.356 e. The molecule has 0 unspecified atom stereocenters. The Morgan fingerprint density at radius 3 is 2.58 bits per heavy atom. The summed E-state index contributed by atoms with van der Waals surface area (Å²) in [6.45, 7) is 5.70. The summed E-state index contributed by atoms with van der Waals surface area (Å²) in [5.41, 5.74) is 0.182. The first-order valence-corrected chi connectivity index (χ1v) is 13.2. The minimum Gasteiger partial charge on any atom is -0.356 e. The fourth-order valence-electron chi connectivity index (χ4n) is 4.75. The summed E-state index contributed by atoms with van der Waals surface area (Å²) in [7, 11) is -3.59. The number of nitrogens with zero attached hydrogens (tertiary/aromatic N) is 2. The van der Waals surface area contributed by atoms with Crippen molar-refractivity contribution in [3.8, 4) is 0 Å². The summed E-state index contributed by atoms with van der Waals surface area (Å²) in [6, 6.07) is 6.64. The number of hydrogen-bond donors (Lipinski definition) is 1. The molecule has 0 radical (unpaired) electrons. The van der Waals surface area contributed by atoms with Crippen LogP contribution >= 0.6 is 0 Å². The van der Waals surface area contributed by atoms with Crippen LogP contribution in [0.25, 0.3) is 0 Å². The van der Waals surface area contributed by atoms with Gasteiger partial charge in [0.1, 0.15) is 5.82 Å². The van der Waals surface area contributed by atoms with Crippen molar-refractivity contribution in [3.05, 3.63) is 35.6 Å². The van der Waals surface area contributed by atoms with Crippen LogP contribution in [0.5, 0.6) is 0 Å². The van der Waals surface area contributed by atoms with Crippen molar-refractivity contribution in [1.29, 1.82) is 0 Å². The second-order valence-electron chi connectivity index (χ2n) is 8.76. The molecule has 0 bridgehead atoms. The molecule has 31 heavy (non-hydrogen) atoms. The van der Waals surface area contributed by atoms with Gasteiger partial charge in [-0.2, -0.15) is 0 Å². The summed E-state index contributed by atoms with van der Waals surface area (Å²) in [4.78, 5) is 15.1. The average molecular weight is 454 g/mol. The van der Waals surface area contributed by atoms with Gasteiger partial charge in [0, 0.05) is 43.7 Å². The molecule has 3 rings (SSSR count). The molecule has 1 aromatic carbocycles. The first-order chi connectivity index (χ1) is 14.9. The molecule has 2 saturated heterocycles. The van der Waals surface area contributed by atoms with Crippen molar-refractivity contribution < 1.29 is 17.6 Å². The SMILES string of the molecule is CC[C@H]1CCCCN1CCCNC(=O)C1CCN(S(=O)(=O)Cc2ccccc2F)CC1. The van der Waals surface area contributed by atoms with E-state index in [0.717, 1.165) is 19.5 Å². The van der Waals surface area contributed by atoms with E-state index in [4.69, 9.17) is 0 Å². The molecule has 8 heteroatoms. The second kappa shape index (κ2) is 11.4. The van der Waals surface area contributed by atoms with Crippen LogP contribution in [0.15, 0.2) is 24.3 Å². The van der Waals surface area contributed by atoms with E-state index < -0.39 is 15.8 Å². The van der Waals surface area contributed by atoms with Gasteiger partial charge in [-0.3, -0.25) is 4.79 Å². The van der Waals surface area contributed by atoms with Crippen LogP contribution in [-0.2, 0) is 20.6 Å². The van der Waals surface area contributed by atoms with Gasteiger partial charge in [0.25, 0.3) is 0 Å². The lowest BCUT2D eigenvalue weighted by molar-refractivity contribution is -0.126. The molecule has 2 heterocycles. The predicted octanol–water partition coefficient (Wildman–Crippen LogP) is 3.14. The Bertz CT molecular complexity index is 825. The topological polar surface area (TPSA) is 69.7 Å². The zero-order chi connectivity index (χ0) is 22.3. The Balaban J connectivity index is 1.39. The third-order valence-corrected chi connectivity index (χ3v) is 8.48. The molecule has 2 aliphatic rings. The van der Waals surface area contributed by atoms with E-state index in [1.807, 2.05) is 0 Å². The number of likely N-dealkylation sites (tertiary alicyclic amines) is 1. The van der Waals surface area contributed by atoms with Crippen LogP contribution in [0.4, 0.5) is 4.39 Å². The molecule has 1 aromatic rings. The van der Waals surface area contributed by atoms with Crippen LogP contribution in [0.1, 0.15) is 57.4 Å². The number of carbonyl (C=O) groups excluding carboxylic acids is 1. The molecule has 1 amide bonds. The molecule has 174 valence electrons. The highest BCUT2D eigenvalue weighted by Crippen LogP contribution is 2.23. The minimum atomic E-state index is -3.59. The van der Waals surface area contributed by atoms with Crippen LogP contribution in [0, 0.1) is 11.7 Å². The molecule has 2 fully saturated rings. The van der Waals surface area contributed by atoms with Crippen LogP contribution < -0.4 is 5.32 Å². The van der Waals surface area contributed by atoms with E-state index in [2.05, 4.69) is 17.1 Å². The minimum absolute atomic E-state index is 0.0248. The normalized spacial score (nSPS) is 21.8. The van der Waals surface area contributed by atoms with Gasteiger partial charge >= 0.3 is 0 Å². The fourth-order valence-corrected chi connectivity index (χ4v) is 6.33. The summed E-state index contributed by atoms with van der Waals surface area (Å²) in [5, 5.41) is 3.04. The Labute approximate surface area is 186 Å². The Morgan fingerprint density at radius 2 is 1.87 bits per heavy atom. The highest BCUT2D eigenvalue weighted by Gasteiger charge is 2.31. The van der Waals surface area contributed by atoms with Crippen LogP contribution in [0.2, 0.25) is 0 Å². The quantitative estimate of drug-likeness (QED) is 0.583. The second-order valence-corrected chi connectivity index (χ2v) is 10.7. The molecule has 0 aliphatic carbocycles. The maximum atomic E-state index is 13.8. The van der Waals surface area contributed by atoms with E-state index >= 15 is 0 Å². The predicted molar refractivity (Wildman–Crippen MR) is 120 cm³/mol. The molecular weight excluding hydrogens is 417 g/mol. The van der Waals surface area contributed by atoms with Gasteiger partial charge in [-0.05, 0) is 51.1 Å². The first-order valence-electron chi connectivity index (χ1n) is 11.6. The van der Waals surface area contributed by atoms with Gasteiger partial charge in [0.15, 0.2) is 0 Å². The van der Waals surface area contributed by atoms with Gasteiger partial charge < -0.3 is 10.2 Å². The molecule has 6 nitrogen and oxygen atoms in total. The van der Waals surface area contributed by atoms with Gasteiger partial charge in [-0.15, -0.1) is 0 Å². The van der Waals surface area contributed by atoms with Crippen molar-refractivity contribution >= 4 is 15.9 Å². The lowest BCUT2D eigenvalue weighted by Gasteiger charge is -2.35. The van der Waals surface area contributed by atoms with E-state index in [0.29, 0.717) is 38.5 Å². The average Bonchev–Trinajstić information content (AvgIpc) is 2.78. The summed E-state index contributed by atoms with van der Waals surface area (Å²) in [5.74, 6) is -0.975. The molecule has 0 spiro atoms. The Morgan fingerprint density at radius 1 is 1.13 bits per heavy atom. The van der Waals surface area contributed by atoms with Gasteiger partial charge in [0.2, 0.25) is 15.9 Å². The molecule has 0 aromatic heterocycles. The standard InChI is InChI=1S/C23H36FN3O3S/c1-2-21-9-5-6-14-26(21)15-7-13-25-23(28)19-11-16-27(17-12-19)31(29,30)18-20-8-3-4-10-22(20)24/h3-4,8,10,19,21H,2,5-7,9,11-18H2,1H3,(H,25,28)/t21-/m0/s1. The number of piperidine rings is 2. The lowest BCUT2D eigenvalue weighted by atomic mass is 9.97. The molecule has 2 aliphatic heterocycles. The third kappa shape index (κ3) is 6.73. The number of rotatable bonds is 9. The zero-order valence-electron chi connectivity index (χ0n) is 18.6. The maximum absolute atomic E-state index is 13.8. The van der Waals surface area contributed by atoms with Crippen molar-refractivity contribution in [3.63, 3.8) is 0 Å². The summed E-state index contributed by atoms with van der Waals surface area (Å²) >= 11 is 0. The highest BCUT2D eigenvalue weighted by atomic mass is 32.2. The maximum Gasteiger partial charge on any atom is 0.223 e. The molecule has 1 atom stereocenters. The molecule has 1 N–H and O–H groups in total. The number of sulfonamides is 1. The van der Waals surface area contributed by atoms with Crippen molar-refractivity contribution in [2.45, 2.75) is 63.7 Å². The number of benzene rings is 1. The van der Waals surface area contributed by atoms with E-state index in [1.165, 1.54) is 42.1 Å². The first kappa shape index (κ1) is 24.1. The Kier molecular flexibility index (Phi) is 8.86. The number of halogens is 1. The van der Waals surface area contributed by atoms with Crippen molar-refractivity contribution in [2.24, 2.45) is 5.92 Å². The Hall–Kier alpha value is -1.51. The van der Waals surface area contributed by atoms with E-state index in [9.17, 15) is 17.6 Å². The van der Waals surface area contributed by atoms with Crippen LogP contribution in [0.3, 0.4) is 0 Å². The third-order valence-electron chi connectivity index (χ3n) is 6.66. The number of nitrogens with one attached hydrogen (secondary N) is 1.